The Balaban J connectivity index is 2.58. The van der Waals surface area contributed by atoms with Crippen LogP contribution in [-0.4, -0.2) is 17.8 Å². The zero-order valence-electron chi connectivity index (χ0n) is 9.47. The van der Waals surface area contributed by atoms with Crippen LogP contribution in [0.4, 0.5) is 8.78 Å². The van der Waals surface area contributed by atoms with E-state index in [9.17, 15) is 13.6 Å². The first-order valence-corrected chi connectivity index (χ1v) is 6.46. The van der Waals surface area contributed by atoms with Crippen molar-refractivity contribution < 1.29 is 13.6 Å². The Hall–Kier alpha value is -0.970. The lowest BCUT2D eigenvalue weighted by Gasteiger charge is -2.11. The molecular weight excluding hydrogens is 292 g/mol. The van der Waals surface area contributed by atoms with Crippen molar-refractivity contribution in [3.63, 3.8) is 0 Å². The Labute approximate surface area is 108 Å². The van der Waals surface area contributed by atoms with Gasteiger partial charge in [0.2, 0.25) is 0 Å². The first kappa shape index (κ1) is 14.1. The molecule has 0 spiro atoms. The molecule has 1 aromatic rings. The van der Waals surface area contributed by atoms with Gasteiger partial charge in [-0.3, -0.25) is 4.79 Å². The fourth-order valence-electron chi connectivity index (χ4n) is 1.32. The van der Waals surface area contributed by atoms with Crippen LogP contribution in [0, 0.1) is 17.6 Å². The van der Waals surface area contributed by atoms with E-state index in [4.69, 9.17) is 0 Å². The van der Waals surface area contributed by atoms with E-state index in [0.717, 1.165) is 23.9 Å². The maximum absolute atomic E-state index is 13.3. The van der Waals surface area contributed by atoms with Crippen molar-refractivity contribution in [2.75, 3.05) is 11.9 Å². The third kappa shape index (κ3) is 4.42. The topological polar surface area (TPSA) is 29.1 Å². The molecule has 1 atom stereocenters. The van der Waals surface area contributed by atoms with Gasteiger partial charge < -0.3 is 5.32 Å². The monoisotopic (exact) mass is 305 g/mol. The van der Waals surface area contributed by atoms with Gasteiger partial charge in [-0.25, -0.2) is 8.78 Å². The predicted octanol–water partition coefficient (Wildman–Crippen LogP) is 3.12. The molecule has 1 amide bonds. The van der Waals surface area contributed by atoms with Crippen LogP contribution in [0.5, 0.6) is 0 Å². The number of hydrogen-bond donors (Lipinski definition) is 1. The summed E-state index contributed by atoms with van der Waals surface area (Å²) < 4.78 is 25.9. The van der Waals surface area contributed by atoms with Crippen LogP contribution in [0.3, 0.4) is 0 Å². The number of halogens is 3. The van der Waals surface area contributed by atoms with E-state index >= 15 is 0 Å². The van der Waals surface area contributed by atoms with Crippen molar-refractivity contribution in [2.45, 2.75) is 13.3 Å². The van der Waals surface area contributed by atoms with Crippen molar-refractivity contribution in [2.24, 2.45) is 5.92 Å². The molecule has 1 N–H and O–H groups in total. The highest BCUT2D eigenvalue weighted by molar-refractivity contribution is 9.09. The van der Waals surface area contributed by atoms with E-state index < -0.39 is 17.5 Å². The quantitative estimate of drug-likeness (QED) is 0.832. The van der Waals surface area contributed by atoms with E-state index in [2.05, 4.69) is 21.2 Å². The van der Waals surface area contributed by atoms with Crippen LogP contribution in [0.2, 0.25) is 0 Å². The second-order valence-corrected chi connectivity index (χ2v) is 4.71. The van der Waals surface area contributed by atoms with Crippen molar-refractivity contribution in [1.82, 2.24) is 5.32 Å². The molecule has 0 saturated carbocycles. The molecule has 0 aromatic heterocycles. The summed E-state index contributed by atoms with van der Waals surface area (Å²) >= 11 is 3.31. The number of alkyl halides is 1. The van der Waals surface area contributed by atoms with Gasteiger partial charge in [0.25, 0.3) is 5.91 Å². The van der Waals surface area contributed by atoms with Gasteiger partial charge in [-0.2, -0.15) is 0 Å². The minimum atomic E-state index is -0.837. The summed E-state index contributed by atoms with van der Waals surface area (Å²) in [6.07, 6.45) is 0.923. The van der Waals surface area contributed by atoms with Gasteiger partial charge in [0, 0.05) is 17.9 Å². The van der Waals surface area contributed by atoms with Gasteiger partial charge in [0.05, 0.1) is 5.56 Å². The van der Waals surface area contributed by atoms with Gasteiger partial charge in [-0.05, 0) is 24.5 Å². The summed E-state index contributed by atoms with van der Waals surface area (Å²) in [5.41, 5.74) is -0.127. The minimum absolute atomic E-state index is 0.127. The molecule has 1 unspecified atom stereocenters. The Bertz CT molecular complexity index is 398. The molecular formula is C12H14BrF2NO. The van der Waals surface area contributed by atoms with Crippen molar-refractivity contribution in [3.05, 3.63) is 35.4 Å². The average molecular weight is 306 g/mol. The van der Waals surface area contributed by atoms with Crippen molar-refractivity contribution in [1.29, 1.82) is 0 Å². The van der Waals surface area contributed by atoms with E-state index in [1.807, 2.05) is 6.92 Å². The summed E-state index contributed by atoms with van der Waals surface area (Å²) in [7, 11) is 0. The fourth-order valence-corrected chi connectivity index (χ4v) is 2.11. The molecule has 0 saturated heterocycles. The highest BCUT2D eigenvalue weighted by atomic mass is 79.9. The van der Waals surface area contributed by atoms with E-state index in [1.54, 1.807) is 0 Å². The first-order valence-electron chi connectivity index (χ1n) is 5.33. The summed E-state index contributed by atoms with van der Waals surface area (Å²) in [5, 5.41) is 3.48. The Morgan fingerprint density at radius 3 is 2.76 bits per heavy atom. The number of benzene rings is 1. The van der Waals surface area contributed by atoms with Gasteiger partial charge in [0.15, 0.2) is 0 Å². The number of amides is 1. The molecule has 0 aliphatic rings. The summed E-state index contributed by atoms with van der Waals surface area (Å²) in [5.74, 6) is -1.73. The fraction of sp³-hybridized carbons (Fsp3) is 0.417. The number of carbonyl (C=O) groups is 1. The molecule has 1 rings (SSSR count). The van der Waals surface area contributed by atoms with Gasteiger partial charge >= 0.3 is 0 Å². The smallest absolute Gasteiger partial charge is 0.254 e. The van der Waals surface area contributed by atoms with Crippen LogP contribution in [0.25, 0.3) is 0 Å². The number of hydrogen-bond acceptors (Lipinski definition) is 1. The van der Waals surface area contributed by atoms with Crippen molar-refractivity contribution in [3.8, 4) is 0 Å². The number of carbonyl (C=O) groups excluding carboxylic acids is 1. The molecule has 0 radical (unpaired) electrons. The summed E-state index contributed by atoms with van der Waals surface area (Å²) in [6.45, 7) is 2.46. The number of rotatable bonds is 5. The second kappa shape index (κ2) is 6.69. The second-order valence-electron chi connectivity index (χ2n) is 3.92. The molecule has 0 aliphatic heterocycles. The van der Waals surface area contributed by atoms with Crippen LogP contribution < -0.4 is 5.32 Å². The lowest BCUT2D eigenvalue weighted by Crippen LogP contribution is -2.29. The molecule has 0 fully saturated rings. The normalized spacial score (nSPS) is 12.2. The largest absolute Gasteiger partial charge is 0.352 e. The van der Waals surface area contributed by atoms with E-state index in [0.29, 0.717) is 18.5 Å². The predicted molar refractivity (Wildman–Crippen MR) is 66.3 cm³/mol. The molecule has 94 valence electrons. The Kier molecular flexibility index (Phi) is 5.55. The third-order valence-corrected chi connectivity index (χ3v) is 2.85. The zero-order valence-corrected chi connectivity index (χ0v) is 11.1. The van der Waals surface area contributed by atoms with E-state index in [1.165, 1.54) is 0 Å². The lowest BCUT2D eigenvalue weighted by atomic mass is 10.1. The van der Waals surface area contributed by atoms with Crippen LogP contribution in [-0.2, 0) is 0 Å². The summed E-state index contributed by atoms with van der Waals surface area (Å²) in [4.78, 5) is 11.6. The zero-order chi connectivity index (χ0) is 12.8. The minimum Gasteiger partial charge on any atom is -0.352 e. The molecule has 0 bridgehead atoms. The lowest BCUT2D eigenvalue weighted by molar-refractivity contribution is 0.0944. The summed E-state index contributed by atoms with van der Waals surface area (Å²) in [6, 6.07) is 2.92. The molecule has 0 heterocycles. The van der Waals surface area contributed by atoms with Gasteiger partial charge in [-0.15, -0.1) is 0 Å². The molecule has 2 nitrogen and oxygen atoms in total. The van der Waals surface area contributed by atoms with Crippen LogP contribution in [0.1, 0.15) is 23.7 Å². The molecule has 0 aliphatic carbocycles. The van der Waals surface area contributed by atoms with Crippen LogP contribution >= 0.6 is 15.9 Å². The highest BCUT2D eigenvalue weighted by Gasteiger charge is 2.12. The van der Waals surface area contributed by atoms with Gasteiger partial charge in [0.1, 0.15) is 11.6 Å². The van der Waals surface area contributed by atoms with Gasteiger partial charge in [-0.1, -0.05) is 22.9 Å². The highest BCUT2D eigenvalue weighted by Crippen LogP contribution is 2.10. The molecule has 17 heavy (non-hydrogen) atoms. The maximum atomic E-state index is 13.3. The first-order chi connectivity index (χ1) is 8.04. The van der Waals surface area contributed by atoms with Crippen molar-refractivity contribution >= 4 is 21.8 Å². The third-order valence-electron chi connectivity index (χ3n) is 2.39. The number of nitrogens with one attached hydrogen (secondary N) is 1. The SMILES string of the molecule is CC(CCBr)CNC(=O)c1ccc(F)cc1F. The molecule has 5 heteroatoms. The Morgan fingerprint density at radius 2 is 2.18 bits per heavy atom. The maximum Gasteiger partial charge on any atom is 0.254 e. The van der Waals surface area contributed by atoms with Crippen LogP contribution in [0.15, 0.2) is 18.2 Å². The molecule has 1 aromatic carbocycles. The Morgan fingerprint density at radius 1 is 1.47 bits per heavy atom. The van der Waals surface area contributed by atoms with E-state index in [-0.39, 0.29) is 5.56 Å². The average Bonchev–Trinajstić information content (AvgIpc) is 2.26. The standard InChI is InChI=1S/C12H14BrF2NO/c1-8(4-5-13)7-16-12(17)10-3-2-9(14)6-11(10)15/h2-3,6,8H,4-5,7H2,1H3,(H,16,17).